The van der Waals surface area contributed by atoms with Crippen LogP contribution in [-0.4, -0.2) is 17.4 Å². The Morgan fingerprint density at radius 1 is 0.897 bits per heavy atom. The summed E-state index contributed by atoms with van der Waals surface area (Å²) < 4.78 is 0. The Morgan fingerprint density at radius 3 is 2.07 bits per heavy atom. The molecule has 3 heteroatoms. The minimum atomic E-state index is -0.317. The number of nitrogens with one attached hydrogen (secondary N) is 2. The third kappa shape index (κ3) is 3.56. The molecular formula is C26H26N2O. The van der Waals surface area contributed by atoms with Crippen LogP contribution in [0.15, 0.2) is 78.9 Å². The quantitative estimate of drug-likeness (QED) is 0.469. The summed E-state index contributed by atoms with van der Waals surface area (Å²) in [4.78, 5) is 16.4. The maximum Gasteiger partial charge on any atom is 0.251 e. The van der Waals surface area contributed by atoms with E-state index in [9.17, 15) is 4.79 Å². The zero-order chi connectivity index (χ0) is 20.4. The SMILES string of the molecule is Cc1[nH]c2ccc(C(=O)NCC(C)(c3ccccc3)c3ccccc3)cc2c1C. The highest BCUT2D eigenvalue weighted by atomic mass is 16.1. The number of H-pyrrole nitrogens is 1. The lowest BCUT2D eigenvalue weighted by Gasteiger charge is -2.31. The number of carbonyl (C=O) groups is 1. The molecule has 0 spiro atoms. The molecular weight excluding hydrogens is 356 g/mol. The van der Waals surface area contributed by atoms with Crippen LogP contribution in [0.25, 0.3) is 10.9 Å². The van der Waals surface area contributed by atoms with Crippen LogP contribution in [0.2, 0.25) is 0 Å². The van der Waals surface area contributed by atoms with Gasteiger partial charge in [0.15, 0.2) is 0 Å². The van der Waals surface area contributed by atoms with Gasteiger partial charge in [-0.25, -0.2) is 0 Å². The fraction of sp³-hybridized carbons (Fsp3) is 0.192. The van der Waals surface area contributed by atoms with Crippen molar-refractivity contribution >= 4 is 16.8 Å². The number of aryl methyl sites for hydroxylation is 2. The van der Waals surface area contributed by atoms with Crippen molar-refractivity contribution in [1.29, 1.82) is 0 Å². The minimum absolute atomic E-state index is 0.0526. The van der Waals surface area contributed by atoms with E-state index < -0.39 is 0 Å². The summed E-state index contributed by atoms with van der Waals surface area (Å²) >= 11 is 0. The van der Waals surface area contributed by atoms with Gasteiger partial charge in [-0.15, -0.1) is 0 Å². The van der Waals surface area contributed by atoms with E-state index in [2.05, 4.69) is 55.3 Å². The molecule has 146 valence electrons. The number of aromatic nitrogens is 1. The van der Waals surface area contributed by atoms with E-state index in [0.717, 1.165) is 16.6 Å². The topological polar surface area (TPSA) is 44.9 Å². The molecule has 1 amide bonds. The lowest BCUT2D eigenvalue weighted by Crippen LogP contribution is -2.39. The molecule has 3 nitrogen and oxygen atoms in total. The molecule has 0 saturated heterocycles. The molecule has 0 saturated carbocycles. The van der Waals surface area contributed by atoms with Gasteiger partial charge in [0, 0.05) is 34.1 Å². The Bertz CT molecular complexity index is 1100. The summed E-state index contributed by atoms with van der Waals surface area (Å²) in [5.41, 5.74) is 6.12. The highest BCUT2D eigenvalue weighted by molar-refractivity contribution is 5.99. The highest BCUT2D eigenvalue weighted by Gasteiger charge is 2.29. The molecule has 0 atom stereocenters. The van der Waals surface area contributed by atoms with Crippen LogP contribution >= 0.6 is 0 Å². The van der Waals surface area contributed by atoms with E-state index in [1.165, 1.54) is 16.7 Å². The molecule has 4 aromatic rings. The smallest absolute Gasteiger partial charge is 0.251 e. The van der Waals surface area contributed by atoms with Gasteiger partial charge in [0.25, 0.3) is 5.91 Å². The fourth-order valence-corrected chi connectivity index (χ4v) is 3.94. The molecule has 1 aromatic heterocycles. The Kier molecular flexibility index (Phi) is 4.98. The lowest BCUT2D eigenvalue weighted by atomic mass is 9.76. The second-order valence-corrected chi connectivity index (χ2v) is 7.88. The van der Waals surface area contributed by atoms with Crippen LogP contribution in [-0.2, 0) is 5.41 Å². The van der Waals surface area contributed by atoms with Crippen molar-refractivity contribution in [3.63, 3.8) is 0 Å². The number of hydrogen-bond donors (Lipinski definition) is 2. The first kappa shape index (κ1) is 19.0. The van der Waals surface area contributed by atoms with Gasteiger partial charge in [-0.1, -0.05) is 60.7 Å². The second kappa shape index (κ2) is 7.59. The molecule has 0 radical (unpaired) electrons. The summed E-state index contributed by atoms with van der Waals surface area (Å²) in [5.74, 6) is -0.0526. The molecule has 0 aliphatic carbocycles. The van der Waals surface area contributed by atoms with Crippen LogP contribution in [0.4, 0.5) is 0 Å². The van der Waals surface area contributed by atoms with E-state index in [-0.39, 0.29) is 11.3 Å². The molecule has 0 unspecified atom stereocenters. The van der Waals surface area contributed by atoms with Crippen LogP contribution in [0, 0.1) is 13.8 Å². The summed E-state index contributed by atoms with van der Waals surface area (Å²) in [5, 5.41) is 4.28. The second-order valence-electron chi connectivity index (χ2n) is 7.88. The van der Waals surface area contributed by atoms with Gasteiger partial charge >= 0.3 is 0 Å². The molecule has 1 heterocycles. The Hall–Kier alpha value is -3.33. The maximum absolute atomic E-state index is 13.0. The number of amides is 1. The molecule has 0 aliphatic rings. The summed E-state index contributed by atoms with van der Waals surface area (Å²) in [6.45, 7) is 6.84. The maximum atomic E-state index is 13.0. The summed E-state index contributed by atoms with van der Waals surface area (Å²) in [7, 11) is 0. The van der Waals surface area contributed by atoms with Crippen LogP contribution in [0.5, 0.6) is 0 Å². The standard InChI is InChI=1S/C26H26N2O/c1-18-19(2)28-24-15-14-20(16-23(18)24)25(29)27-17-26(3,21-10-6-4-7-11-21)22-12-8-5-9-13-22/h4-16,28H,17H2,1-3H3,(H,27,29). The van der Waals surface area contributed by atoms with E-state index >= 15 is 0 Å². The van der Waals surface area contributed by atoms with Crippen molar-refractivity contribution < 1.29 is 4.79 Å². The van der Waals surface area contributed by atoms with Crippen molar-refractivity contribution in [2.24, 2.45) is 0 Å². The average molecular weight is 383 g/mol. The minimum Gasteiger partial charge on any atom is -0.358 e. The molecule has 0 fully saturated rings. The zero-order valence-electron chi connectivity index (χ0n) is 17.1. The van der Waals surface area contributed by atoms with Gasteiger partial charge in [0.2, 0.25) is 0 Å². The van der Waals surface area contributed by atoms with Crippen molar-refractivity contribution in [3.8, 4) is 0 Å². The van der Waals surface area contributed by atoms with Crippen molar-refractivity contribution in [1.82, 2.24) is 10.3 Å². The first-order valence-electron chi connectivity index (χ1n) is 9.97. The van der Waals surface area contributed by atoms with Crippen molar-refractivity contribution in [3.05, 3.63) is 107 Å². The van der Waals surface area contributed by atoms with Gasteiger partial charge in [-0.2, -0.15) is 0 Å². The first-order chi connectivity index (χ1) is 14.0. The lowest BCUT2D eigenvalue weighted by molar-refractivity contribution is 0.0947. The molecule has 4 rings (SSSR count). The van der Waals surface area contributed by atoms with Gasteiger partial charge in [-0.3, -0.25) is 4.79 Å². The Labute approximate surface area is 171 Å². The number of rotatable bonds is 5. The van der Waals surface area contributed by atoms with Crippen LogP contribution in [0.3, 0.4) is 0 Å². The zero-order valence-corrected chi connectivity index (χ0v) is 17.1. The molecule has 0 aliphatic heterocycles. The van der Waals surface area contributed by atoms with Gasteiger partial charge < -0.3 is 10.3 Å². The summed E-state index contributed by atoms with van der Waals surface area (Å²) in [6.07, 6.45) is 0. The number of carbonyl (C=O) groups excluding carboxylic acids is 1. The van der Waals surface area contributed by atoms with Gasteiger partial charge in [0.05, 0.1) is 0 Å². The van der Waals surface area contributed by atoms with E-state index in [0.29, 0.717) is 12.1 Å². The first-order valence-corrected chi connectivity index (χ1v) is 9.97. The number of fused-ring (bicyclic) bond motifs is 1. The van der Waals surface area contributed by atoms with E-state index in [1.54, 1.807) is 0 Å². The predicted octanol–water partition coefficient (Wildman–Crippen LogP) is 5.52. The van der Waals surface area contributed by atoms with Crippen molar-refractivity contribution in [2.75, 3.05) is 6.54 Å². The number of benzene rings is 3. The van der Waals surface area contributed by atoms with Crippen LogP contribution < -0.4 is 5.32 Å². The van der Waals surface area contributed by atoms with E-state index in [1.807, 2.05) is 54.6 Å². The monoisotopic (exact) mass is 382 g/mol. The van der Waals surface area contributed by atoms with Gasteiger partial charge in [-0.05, 0) is 55.7 Å². The third-order valence-electron chi connectivity index (χ3n) is 5.99. The largest absolute Gasteiger partial charge is 0.358 e. The number of aromatic amines is 1. The van der Waals surface area contributed by atoms with Crippen LogP contribution in [0.1, 0.15) is 39.7 Å². The Morgan fingerprint density at radius 2 is 1.48 bits per heavy atom. The fourth-order valence-electron chi connectivity index (χ4n) is 3.94. The molecule has 2 N–H and O–H groups in total. The molecule has 3 aromatic carbocycles. The predicted molar refractivity (Wildman–Crippen MR) is 119 cm³/mol. The Balaban J connectivity index is 1.62. The molecule has 0 bridgehead atoms. The third-order valence-corrected chi connectivity index (χ3v) is 5.99. The number of hydrogen-bond acceptors (Lipinski definition) is 1. The summed E-state index contributed by atoms with van der Waals surface area (Å²) in [6, 6.07) is 26.6. The van der Waals surface area contributed by atoms with E-state index in [4.69, 9.17) is 0 Å². The highest BCUT2D eigenvalue weighted by Crippen LogP contribution is 2.31. The average Bonchev–Trinajstić information content (AvgIpc) is 3.06. The normalized spacial score (nSPS) is 11.6. The van der Waals surface area contributed by atoms with Crippen molar-refractivity contribution in [2.45, 2.75) is 26.2 Å². The molecule has 29 heavy (non-hydrogen) atoms. The van der Waals surface area contributed by atoms with Gasteiger partial charge in [0.1, 0.15) is 0 Å².